The fourth-order valence-electron chi connectivity index (χ4n) is 2.80. The van der Waals surface area contributed by atoms with Crippen molar-refractivity contribution in [2.45, 2.75) is 6.10 Å². The Kier molecular flexibility index (Phi) is 4.94. The Balaban J connectivity index is 1.40. The minimum absolute atomic E-state index is 0.0783. The van der Waals surface area contributed by atoms with Crippen LogP contribution in [0.1, 0.15) is 10.4 Å². The number of rotatable bonds is 5. The van der Waals surface area contributed by atoms with Crippen LogP contribution < -0.4 is 9.47 Å². The van der Waals surface area contributed by atoms with Crippen LogP contribution in [-0.2, 0) is 0 Å². The van der Waals surface area contributed by atoms with Crippen molar-refractivity contribution >= 4 is 17.5 Å². The Morgan fingerprint density at radius 3 is 2.48 bits per heavy atom. The predicted octanol–water partition coefficient (Wildman–Crippen LogP) is 4.43. The fraction of sp³-hybridized carbons (Fsp3) is 0.143. The maximum atomic E-state index is 12.8. The lowest BCUT2D eigenvalue weighted by Gasteiger charge is -2.38. The normalized spacial score (nSPS) is 13.7. The molecule has 27 heavy (non-hydrogen) atoms. The van der Waals surface area contributed by atoms with Gasteiger partial charge in [0.2, 0.25) is 5.88 Å². The number of ether oxygens (including phenoxy) is 2. The number of nitrogens with zero attached hydrogens (tertiary/aromatic N) is 2. The van der Waals surface area contributed by atoms with Crippen molar-refractivity contribution in [1.82, 2.24) is 9.88 Å². The van der Waals surface area contributed by atoms with E-state index in [0.717, 1.165) is 0 Å². The van der Waals surface area contributed by atoms with E-state index in [4.69, 9.17) is 21.1 Å². The summed E-state index contributed by atoms with van der Waals surface area (Å²) in [6.07, 6.45) is 1.46. The molecule has 3 aromatic rings. The van der Waals surface area contributed by atoms with Gasteiger partial charge < -0.3 is 14.4 Å². The summed E-state index contributed by atoms with van der Waals surface area (Å²) in [6.45, 7) is 1.01. The zero-order valence-electron chi connectivity index (χ0n) is 14.4. The average Bonchev–Trinajstić information content (AvgIpc) is 2.67. The average molecular weight is 381 g/mol. The highest BCUT2D eigenvalue weighted by Gasteiger charge is 2.34. The van der Waals surface area contributed by atoms with Gasteiger partial charge >= 0.3 is 0 Å². The SMILES string of the molecule is O=C(c1ccccc1Oc1ccccc1)N1CC(Oc2ccc(Cl)cn2)C1. The van der Waals surface area contributed by atoms with E-state index in [9.17, 15) is 4.79 Å². The topological polar surface area (TPSA) is 51.7 Å². The van der Waals surface area contributed by atoms with Crippen LogP contribution in [-0.4, -0.2) is 35.0 Å². The minimum Gasteiger partial charge on any atom is -0.471 e. The van der Waals surface area contributed by atoms with Crippen molar-refractivity contribution in [1.29, 1.82) is 0 Å². The van der Waals surface area contributed by atoms with E-state index in [2.05, 4.69) is 4.98 Å². The van der Waals surface area contributed by atoms with Gasteiger partial charge in [0.25, 0.3) is 5.91 Å². The lowest BCUT2D eigenvalue weighted by molar-refractivity contribution is 0.0158. The summed E-state index contributed by atoms with van der Waals surface area (Å²) in [5.74, 6) is 1.66. The summed E-state index contributed by atoms with van der Waals surface area (Å²) < 4.78 is 11.6. The second-order valence-electron chi connectivity index (χ2n) is 6.18. The molecule has 0 atom stereocenters. The number of pyridine rings is 1. The highest BCUT2D eigenvalue weighted by molar-refractivity contribution is 6.30. The summed E-state index contributed by atoms with van der Waals surface area (Å²) in [7, 11) is 0. The molecule has 2 aromatic carbocycles. The second kappa shape index (κ2) is 7.68. The zero-order valence-corrected chi connectivity index (χ0v) is 15.2. The number of likely N-dealkylation sites (tertiary alicyclic amines) is 1. The molecule has 2 heterocycles. The molecule has 1 fully saturated rings. The van der Waals surface area contributed by atoms with E-state index >= 15 is 0 Å². The molecule has 0 saturated carbocycles. The molecule has 0 N–H and O–H groups in total. The van der Waals surface area contributed by atoms with Crippen LogP contribution in [0.3, 0.4) is 0 Å². The van der Waals surface area contributed by atoms with Crippen molar-refractivity contribution < 1.29 is 14.3 Å². The van der Waals surface area contributed by atoms with Crippen LogP contribution in [0.4, 0.5) is 0 Å². The van der Waals surface area contributed by atoms with Crippen LogP contribution in [0.2, 0.25) is 5.02 Å². The first-order valence-corrected chi connectivity index (χ1v) is 8.96. The molecule has 0 unspecified atom stereocenters. The zero-order chi connectivity index (χ0) is 18.6. The van der Waals surface area contributed by atoms with Crippen LogP contribution in [0.25, 0.3) is 0 Å². The maximum Gasteiger partial charge on any atom is 0.257 e. The van der Waals surface area contributed by atoms with E-state index in [1.165, 1.54) is 6.20 Å². The van der Waals surface area contributed by atoms with Gasteiger partial charge in [0, 0.05) is 12.3 Å². The number of aromatic nitrogens is 1. The van der Waals surface area contributed by atoms with E-state index in [1.54, 1.807) is 29.2 Å². The molecular weight excluding hydrogens is 364 g/mol. The Morgan fingerprint density at radius 2 is 1.74 bits per heavy atom. The molecule has 1 aliphatic rings. The first-order valence-electron chi connectivity index (χ1n) is 8.58. The van der Waals surface area contributed by atoms with Gasteiger partial charge in [-0.15, -0.1) is 0 Å². The van der Waals surface area contributed by atoms with Gasteiger partial charge in [-0.05, 0) is 30.3 Å². The molecular formula is C21H17ClN2O3. The molecule has 0 bridgehead atoms. The van der Waals surface area contributed by atoms with Crippen LogP contribution in [0.5, 0.6) is 17.4 Å². The molecule has 0 spiro atoms. The molecule has 1 amide bonds. The molecule has 1 saturated heterocycles. The first kappa shape index (κ1) is 17.4. The van der Waals surface area contributed by atoms with Gasteiger partial charge in [-0.25, -0.2) is 4.98 Å². The Labute approximate surface area is 162 Å². The predicted molar refractivity (Wildman–Crippen MR) is 103 cm³/mol. The van der Waals surface area contributed by atoms with Gasteiger partial charge in [-0.3, -0.25) is 4.79 Å². The van der Waals surface area contributed by atoms with E-state index in [-0.39, 0.29) is 12.0 Å². The quantitative estimate of drug-likeness (QED) is 0.657. The third-order valence-corrected chi connectivity index (χ3v) is 4.43. The number of amides is 1. The van der Waals surface area contributed by atoms with Crippen molar-refractivity contribution in [2.75, 3.05) is 13.1 Å². The van der Waals surface area contributed by atoms with Crippen molar-refractivity contribution in [3.63, 3.8) is 0 Å². The summed E-state index contributed by atoms with van der Waals surface area (Å²) in [4.78, 5) is 18.7. The summed E-state index contributed by atoms with van der Waals surface area (Å²) in [5, 5.41) is 0.558. The third-order valence-electron chi connectivity index (χ3n) is 4.21. The minimum atomic E-state index is -0.0789. The lowest BCUT2D eigenvalue weighted by Crippen LogP contribution is -2.56. The van der Waals surface area contributed by atoms with Crippen molar-refractivity contribution in [3.05, 3.63) is 83.5 Å². The van der Waals surface area contributed by atoms with Gasteiger partial charge in [0.1, 0.15) is 17.6 Å². The lowest BCUT2D eigenvalue weighted by atomic mass is 10.1. The Bertz CT molecular complexity index is 926. The van der Waals surface area contributed by atoms with Gasteiger partial charge in [-0.1, -0.05) is 41.9 Å². The van der Waals surface area contributed by atoms with Crippen LogP contribution >= 0.6 is 11.6 Å². The van der Waals surface area contributed by atoms with Crippen LogP contribution in [0, 0.1) is 0 Å². The largest absolute Gasteiger partial charge is 0.471 e. The first-order chi connectivity index (χ1) is 13.2. The Morgan fingerprint density at radius 1 is 1.00 bits per heavy atom. The fourth-order valence-corrected chi connectivity index (χ4v) is 2.91. The number of carbonyl (C=O) groups excluding carboxylic acids is 1. The van der Waals surface area contributed by atoms with E-state index in [1.807, 2.05) is 42.5 Å². The number of para-hydroxylation sites is 2. The highest BCUT2D eigenvalue weighted by atomic mass is 35.5. The molecule has 5 nitrogen and oxygen atoms in total. The number of hydrogen-bond donors (Lipinski definition) is 0. The van der Waals surface area contributed by atoms with Gasteiger partial charge in [0.15, 0.2) is 0 Å². The molecule has 0 aliphatic carbocycles. The molecule has 6 heteroatoms. The monoisotopic (exact) mass is 380 g/mol. The number of benzene rings is 2. The highest BCUT2D eigenvalue weighted by Crippen LogP contribution is 2.28. The van der Waals surface area contributed by atoms with Gasteiger partial charge in [0.05, 0.1) is 23.7 Å². The summed E-state index contributed by atoms with van der Waals surface area (Å²) in [5.41, 5.74) is 0.532. The van der Waals surface area contributed by atoms with E-state index < -0.39 is 0 Å². The molecule has 1 aromatic heterocycles. The summed E-state index contributed by atoms with van der Waals surface area (Å²) in [6, 6.07) is 20.1. The third kappa shape index (κ3) is 4.04. The van der Waals surface area contributed by atoms with Crippen LogP contribution in [0.15, 0.2) is 72.9 Å². The Hall–Kier alpha value is -3.05. The van der Waals surface area contributed by atoms with Crippen molar-refractivity contribution in [2.24, 2.45) is 0 Å². The van der Waals surface area contributed by atoms with Crippen molar-refractivity contribution in [3.8, 4) is 17.4 Å². The van der Waals surface area contributed by atoms with E-state index in [0.29, 0.717) is 41.1 Å². The smallest absolute Gasteiger partial charge is 0.257 e. The standard InChI is InChI=1S/C21H17ClN2O3/c22-15-10-11-20(23-12-15)27-17-13-24(14-17)21(25)18-8-4-5-9-19(18)26-16-6-2-1-3-7-16/h1-12,17H,13-14H2. The number of hydrogen-bond acceptors (Lipinski definition) is 4. The van der Waals surface area contributed by atoms with Gasteiger partial charge in [-0.2, -0.15) is 0 Å². The molecule has 0 radical (unpaired) electrons. The summed E-state index contributed by atoms with van der Waals surface area (Å²) >= 11 is 5.82. The second-order valence-corrected chi connectivity index (χ2v) is 6.61. The number of halogens is 1. The maximum absolute atomic E-state index is 12.8. The number of carbonyl (C=O) groups is 1. The molecule has 4 rings (SSSR count). The molecule has 1 aliphatic heterocycles. The molecule has 136 valence electrons.